The normalized spacial score (nSPS) is 16.5. The molecule has 3 aromatic carbocycles. The van der Waals surface area contributed by atoms with Gasteiger partial charge in [0.1, 0.15) is 35.4 Å². The summed E-state index contributed by atoms with van der Waals surface area (Å²) in [5.41, 5.74) is 1.67. The lowest BCUT2D eigenvalue weighted by molar-refractivity contribution is 0.0697. The number of aromatic nitrogens is 3. The molecule has 11 heteroatoms. The Balaban J connectivity index is 1.23. The Morgan fingerprint density at radius 3 is 2.54 bits per heavy atom. The third-order valence-corrected chi connectivity index (χ3v) is 9.11. The van der Waals surface area contributed by atoms with Gasteiger partial charge in [-0.25, -0.2) is 27.9 Å². The van der Waals surface area contributed by atoms with Crippen molar-refractivity contribution in [2.45, 2.75) is 45.8 Å². The van der Waals surface area contributed by atoms with Crippen LogP contribution >= 0.6 is 0 Å². The molecule has 252 valence electrons. The van der Waals surface area contributed by atoms with E-state index in [0.717, 1.165) is 31.0 Å². The summed E-state index contributed by atoms with van der Waals surface area (Å²) in [5.74, 6) is 3.98. The summed E-state index contributed by atoms with van der Waals surface area (Å²) >= 11 is 0. The number of rotatable bonds is 8. The van der Waals surface area contributed by atoms with E-state index >= 15 is 8.78 Å². The molecule has 0 spiro atoms. The highest BCUT2D eigenvalue weighted by Crippen LogP contribution is 2.41. The van der Waals surface area contributed by atoms with Crippen molar-refractivity contribution in [2.75, 3.05) is 13.2 Å². The van der Waals surface area contributed by atoms with Gasteiger partial charge in [-0.2, -0.15) is 5.26 Å². The molecule has 1 unspecified atom stereocenters. The number of aromatic carboxylic acids is 1. The van der Waals surface area contributed by atoms with Crippen LogP contribution in [0.25, 0.3) is 22.3 Å². The van der Waals surface area contributed by atoms with Crippen LogP contribution < -0.4 is 4.74 Å². The number of nitrogens with zero attached hydrogens (tertiary/aromatic N) is 4. The van der Waals surface area contributed by atoms with Gasteiger partial charge in [-0.05, 0) is 60.9 Å². The molecule has 1 N–H and O–H groups in total. The van der Waals surface area contributed by atoms with Crippen LogP contribution in [-0.4, -0.2) is 38.8 Å². The summed E-state index contributed by atoms with van der Waals surface area (Å²) < 4.78 is 59.4. The Hall–Kier alpha value is -5.65. The van der Waals surface area contributed by atoms with Gasteiger partial charge in [-0.1, -0.05) is 37.8 Å². The van der Waals surface area contributed by atoms with Gasteiger partial charge in [-0.15, -0.1) is 0 Å². The monoisotopic (exact) mass is 676 g/mol. The second kappa shape index (κ2) is 13.0. The number of halogens is 3. The molecule has 5 aromatic rings. The molecule has 3 heterocycles. The van der Waals surface area contributed by atoms with Gasteiger partial charge >= 0.3 is 5.97 Å². The predicted molar refractivity (Wildman–Crippen MR) is 178 cm³/mol. The van der Waals surface area contributed by atoms with Crippen LogP contribution in [-0.2, 0) is 17.8 Å². The van der Waals surface area contributed by atoms with E-state index in [1.54, 1.807) is 12.1 Å². The van der Waals surface area contributed by atoms with Crippen LogP contribution in [0.5, 0.6) is 5.88 Å². The topological polar surface area (TPSA) is 110 Å². The number of hydrogen-bond acceptors (Lipinski definition) is 6. The molecule has 0 bridgehead atoms. The van der Waals surface area contributed by atoms with Crippen molar-refractivity contribution < 1.29 is 32.5 Å². The zero-order chi connectivity index (χ0) is 35.2. The lowest BCUT2D eigenvalue weighted by atomic mass is 9.87. The number of carboxylic acids is 1. The largest absolute Gasteiger partial charge is 0.478 e. The van der Waals surface area contributed by atoms with Crippen molar-refractivity contribution in [3.63, 3.8) is 0 Å². The van der Waals surface area contributed by atoms with Crippen molar-refractivity contribution in [1.29, 1.82) is 5.26 Å². The number of ether oxygens (including phenoxy) is 2. The van der Waals surface area contributed by atoms with Crippen molar-refractivity contribution in [2.24, 2.45) is 11.3 Å². The average molecular weight is 677 g/mol. The van der Waals surface area contributed by atoms with Crippen LogP contribution in [0.15, 0.2) is 60.7 Å². The molecule has 2 fully saturated rings. The maximum Gasteiger partial charge on any atom is 0.335 e. The Bertz CT molecular complexity index is 2280. The van der Waals surface area contributed by atoms with E-state index in [9.17, 15) is 14.3 Å². The molecular weight excluding hydrogens is 645 g/mol. The third kappa shape index (κ3) is 6.52. The molecule has 50 heavy (non-hydrogen) atoms. The molecule has 0 radical (unpaired) electrons. The lowest BCUT2D eigenvalue weighted by Gasteiger charge is -2.28. The number of nitriles is 1. The highest BCUT2D eigenvalue weighted by Gasteiger charge is 2.39. The summed E-state index contributed by atoms with van der Waals surface area (Å²) in [6.07, 6.45) is 1.90. The highest BCUT2D eigenvalue weighted by atomic mass is 19.1. The molecular formula is C39H31F3N4O4. The number of carbonyl (C=O) groups is 1. The summed E-state index contributed by atoms with van der Waals surface area (Å²) in [6.45, 7) is 4.68. The number of carboxylic acid groups (broad SMARTS) is 1. The second-order valence-corrected chi connectivity index (χ2v) is 13.3. The van der Waals surface area contributed by atoms with Crippen LogP contribution in [0, 0.1) is 52.0 Å². The van der Waals surface area contributed by atoms with E-state index in [0.29, 0.717) is 35.6 Å². The van der Waals surface area contributed by atoms with Crippen LogP contribution in [0.3, 0.4) is 0 Å². The Kier molecular flexibility index (Phi) is 8.54. The first-order valence-corrected chi connectivity index (χ1v) is 16.1. The van der Waals surface area contributed by atoms with Gasteiger partial charge in [0.2, 0.25) is 5.88 Å². The minimum atomic E-state index is -1.11. The van der Waals surface area contributed by atoms with E-state index in [4.69, 9.17) is 19.7 Å². The molecule has 1 saturated heterocycles. The van der Waals surface area contributed by atoms with E-state index in [1.165, 1.54) is 30.3 Å². The van der Waals surface area contributed by atoms with Crippen molar-refractivity contribution in [1.82, 2.24) is 14.5 Å². The van der Waals surface area contributed by atoms with Gasteiger partial charge < -0.3 is 19.1 Å². The number of pyridine rings is 1. The lowest BCUT2D eigenvalue weighted by Crippen LogP contribution is -2.27. The number of benzene rings is 3. The summed E-state index contributed by atoms with van der Waals surface area (Å²) in [5, 5.41) is 18.9. The minimum Gasteiger partial charge on any atom is -0.478 e. The van der Waals surface area contributed by atoms with Gasteiger partial charge in [0.05, 0.1) is 53.2 Å². The van der Waals surface area contributed by atoms with E-state index < -0.39 is 23.4 Å². The molecule has 7 rings (SSSR count). The molecule has 0 amide bonds. The van der Waals surface area contributed by atoms with E-state index in [2.05, 4.69) is 16.8 Å². The Morgan fingerprint density at radius 2 is 1.84 bits per heavy atom. The third-order valence-electron chi connectivity index (χ3n) is 9.11. The summed E-state index contributed by atoms with van der Waals surface area (Å²) in [4.78, 5) is 21.4. The number of fused-ring (bicyclic) bond motifs is 1. The fourth-order valence-corrected chi connectivity index (χ4v) is 6.14. The zero-order valence-corrected chi connectivity index (χ0v) is 27.3. The number of hydrogen-bond donors (Lipinski definition) is 1. The zero-order valence-electron chi connectivity index (χ0n) is 27.3. The standard InChI is InChI=1S/C39H31F3N4O4/c1-39(2)21-49-20-34(39)46-33-15-27(38(47)48)13-24(10-8-22-6-7-22)37(33)45-35(46)16-26-14-31(42)28(17-30(26)41)32-4-3-5-36(44-32)50-19-25-11-9-23(18-43)12-29(25)40/h3-5,9,11-15,17,22,34H,6-7,16,19-21H2,1-2H3,(H,47,48). The highest BCUT2D eigenvalue weighted by molar-refractivity contribution is 5.95. The molecule has 1 aliphatic heterocycles. The molecule has 1 saturated carbocycles. The molecule has 2 aromatic heterocycles. The van der Waals surface area contributed by atoms with Crippen LogP contribution in [0.4, 0.5) is 13.2 Å². The van der Waals surface area contributed by atoms with Crippen molar-refractivity contribution in [3.05, 3.63) is 112 Å². The van der Waals surface area contributed by atoms with Gasteiger partial charge in [0.25, 0.3) is 0 Å². The fraction of sp³-hybridized carbons (Fsp3) is 0.282. The maximum absolute atomic E-state index is 15.9. The second-order valence-electron chi connectivity index (χ2n) is 13.3. The smallest absolute Gasteiger partial charge is 0.335 e. The van der Waals surface area contributed by atoms with Gasteiger partial charge in [0, 0.05) is 34.9 Å². The summed E-state index contributed by atoms with van der Waals surface area (Å²) in [7, 11) is 0. The van der Waals surface area contributed by atoms with Crippen LogP contribution in [0.1, 0.15) is 71.2 Å². The first-order valence-electron chi connectivity index (χ1n) is 16.1. The van der Waals surface area contributed by atoms with Crippen molar-refractivity contribution >= 4 is 17.0 Å². The molecule has 1 aliphatic carbocycles. The number of imidazole rings is 1. The fourth-order valence-electron chi connectivity index (χ4n) is 6.14. The SMILES string of the molecule is CC1(C)COCC1n1c(Cc2cc(F)c(-c3cccc(OCc4ccc(C#N)cc4F)n3)cc2F)nc2c(C#CC3CC3)cc(C(=O)O)cc21. The van der Waals surface area contributed by atoms with Crippen LogP contribution in [0.2, 0.25) is 0 Å². The minimum absolute atomic E-state index is 0.0484. The molecule has 8 nitrogen and oxygen atoms in total. The summed E-state index contributed by atoms with van der Waals surface area (Å²) in [6, 6.07) is 15.5. The van der Waals surface area contributed by atoms with Gasteiger partial charge in [0.15, 0.2) is 0 Å². The Morgan fingerprint density at radius 1 is 1.04 bits per heavy atom. The maximum atomic E-state index is 15.9. The molecule has 2 aliphatic rings. The van der Waals surface area contributed by atoms with E-state index in [-0.39, 0.29) is 69.8 Å². The van der Waals surface area contributed by atoms with Crippen molar-refractivity contribution in [3.8, 4) is 35.0 Å². The quantitative estimate of drug-likeness (QED) is 0.169. The van der Waals surface area contributed by atoms with Gasteiger partial charge in [-0.3, -0.25) is 0 Å². The first kappa shape index (κ1) is 32.9. The molecule has 1 atom stereocenters. The average Bonchev–Trinajstić information content (AvgIpc) is 3.76. The van der Waals surface area contributed by atoms with E-state index in [1.807, 2.05) is 24.5 Å². The Labute approximate surface area is 286 Å². The predicted octanol–water partition coefficient (Wildman–Crippen LogP) is 7.61. The first-order chi connectivity index (χ1) is 24.0.